The van der Waals surface area contributed by atoms with Crippen molar-refractivity contribution in [1.82, 2.24) is 5.32 Å². The van der Waals surface area contributed by atoms with E-state index < -0.39 is 5.97 Å². The number of amides is 1. The van der Waals surface area contributed by atoms with Crippen LogP contribution in [0.5, 0.6) is 11.5 Å². The Morgan fingerprint density at radius 2 is 1.73 bits per heavy atom. The summed E-state index contributed by atoms with van der Waals surface area (Å²) in [6.07, 6.45) is 0. The number of halogens is 1. The highest BCUT2D eigenvalue weighted by Crippen LogP contribution is 2.35. The zero-order valence-electron chi connectivity index (χ0n) is 13.1. The maximum absolute atomic E-state index is 12.0. The highest BCUT2D eigenvalue weighted by Gasteiger charge is 2.16. The maximum Gasteiger partial charge on any atom is 0.338 e. The second kappa shape index (κ2) is 8.63. The Morgan fingerprint density at radius 1 is 1.18 bits per heavy atom. The first-order chi connectivity index (χ1) is 10.4. The number of benzene rings is 1. The van der Waals surface area contributed by atoms with Crippen LogP contribution in [0.25, 0.3) is 0 Å². The molecular weight excluding hydrogens is 354 g/mol. The standard InChI is InChI=1S/C15H20BrNO5/c1-9(2)7-17-13(18)8-22-15(19)10-5-11(20-3)14(16)12(6-10)21-4/h5-6,9H,7-8H2,1-4H3,(H,17,18). The number of hydrogen-bond acceptors (Lipinski definition) is 5. The molecule has 0 aliphatic heterocycles. The molecule has 0 radical (unpaired) electrons. The van der Waals surface area contributed by atoms with E-state index in [9.17, 15) is 9.59 Å². The summed E-state index contributed by atoms with van der Waals surface area (Å²) in [6.45, 7) is 4.17. The fourth-order valence-electron chi connectivity index (χ4n) is 1.57. The molecule has 1 rings (SSSR count). The van der Waals surface area contributed by atoms with Crippen molar-refractivity contribution in [1.29, 1.82) is 0 Å². The molecule has 0 unspecified atom stereocenters. The maximum atomic E-state index is 12.0. The molecule has 0 fully saturated rings. The molecule has 1 amide bonds. The number of carbonyl (C=O) groups is 2. The number of nitrogens with one attached hydrogen (secondary N) is 1. The zero-order valence-corrected chi connectivity index (χ0v) is 14.7. The molecule has 0 aliphatic carbocycles. The first-order valence-corrected chi connectivity index (χ1v) is 7.53. The van der Waals surface area contributed by atoms with E-state index in [-0.39, 0.29) is 18.1 Å². The van der Waals surface area contributed by atoms with Crippen molar-refractivity contribution >= 4 is 27.8 Å². The van der Waals surface area contributed by atoms with Crippen LogP contribution < -0.4 is 14.8 Å². The first kappa shape index (κ1) is 18.3. The predicted octanol–water partition coefficient (Wildman–Crippen LogP) is 2.40. The third-order valence-corrected chi connectivity index (χ3v) is 3.50. The van der Waals surface area contributed by atoms with Crippen LogP contribution in [0, 0.1) is 5.92 Å². The van der Waals surface area contributed by atoms with Crippen LogP contribution in [0.2, 0.25) is 0 Å². The predicted molar refractivity (Wildman–Crippen MR) is 85.4 cm³/mol. The molecule has 22 heavy (non-hydrogen) atoms. The minimum Gasteiger partial charge on any atom is -0.495 e. The lowest BCUT2D eigenvalue weighted by molar-refractivity contribution is -0.124. The molecular formula is C15H20BrNO5. The zero-order chi connectivity index (χ0) is 16.7. The summed E-state index contributed by atoms with van der Waals surface area (Å²) >= 11 is 3.31. The summed E-state index contributed by atoms with van der Waals surface area (Å²) in [6, 6.07) is 3.03. The van der Waals surface area contributed by atoms with Gasteiger partial charge in [-0.3, -0.25) is 4.79 Å². The van der Waals surface area contributed by atoms with Crippen molar-refractivity contribution in [2.75, 3.05) is 27.4 Å². The molecule has 1 N–H and O–H groups in total. The molecule has 0 saturated heterocycles. The average Bonchev–Trinajstić information content (AvgIpc) is 2.50. The first-order valence-electron chi connectivity index (χ1n) is 6.74. The monoisotopic (exact) mass is 373 g/mol. The highest BCUT2D eigenvalue weighted by molar-refractivity contribution is 9.10. The van der Waals surface area contributed by atoms with Crippen molar-refractivity contribution < 1.29 is 23.8 Å². The Balaban J connectivity index is 2.71. The molecule has 0 heterocycles. The van der Waals surface area contributed by atoms with Crippen molar-refractivity contribution in [2.45, 2.75) is 13.8 Å². The van der Waals surface area contributed by atoms with E-state index in [2.05, 4.69) is 21.2 Å². The SMILES string of the molecule is COc1cc(C(=O)OCC(=O)NCC(C)C)cc(OC)c1Br. The second-order valence-corrected chi connectivity index (χ2v) is 5.76. The number of ether oxygens (including phenoxy) is 3. The summed E-state index contributed by atoms with van der Waals surface area (Å²) in [5.41, 5.74) is 0.244. The molecule has 0 aliphatic rings. The summed E-state index contributed by atoms with van der Waals surface area (Å²) in [5.74, 6) is 0.257. The quantitative estimate of drug-likeness (QED) is 0.742. The van der Waals surface area contributed by atoms with Crippen molar-refractivity contribution in [3.63, 3.8) is 0 Å². The Kier molecular flexibility index (Phi) is 7.17. The van der Waals surface area contributed by atoms with Crippen LogP contribution in [0.15, 0.2) is 16.6 Å². The van der Waals surface area contributed by atoms with Crippen LogP contribution in [0.3, 0.4) is 0 Å². The van der Waals surface area contributed by atoms with Gasteiger partial charge in [0, 0.05) is 6.54 Å². The van der Waals surface area contributed by atoms with Gasteiger partial charge in [0.05, 0.1) is 19.8 Å². The molecule has 7 heteroatoms. The van der Waals surface area contributed by atoms with Crippen molar-refractivity contribution in [3.05, 3.63) is 22.2 Å². The van der Waals surface area contributed by atoms with Gasteiger partial charge in [-0.2, -0.15) is 0 Å². The smallest absolute Gasteiger partial charge is 0.338 e. The molecule has 0 aromatic heterocycles. The van der Waals surface area contributed by atoms with E-state index in [0.717, 1.165) is 0 Å². The minimum atomic E-state index is -0.621. The summed E-state index contributed by atoms with van der Waals surface area (Å²) in [5, 5.41) is 2.67. The minimum absolute atomic E-state index is 0.244. The molecule has 122 valence electrons. The van der Waals surface area contributed by atoms with Gasteiger partial charge in [0.15, 0.2) is 6.61 Å². The summed E-state index contributed by atoms with van der Waals surface area (Å²) < 4.78 is 15.9. The third-order valence-electron chi connectivity index (χ3n) is 2.72. The normalized spacial score (nSPS) is 10.3. The van der Waals surface area contributed by atoms with Gasteiger partial charge < -0.3 is 19.5 Å². The number of esters is 1. The number of methoxy groups -OCH3 is 2. The van der Waals surface area contributed by atoms with Gasteiger partial charge in [0.2, 0.25) is 0 Å². The van der Waals surface area contributed by atoms with Gasteiger partial charge in [-0.1, -0.05) is 13.8 Å². The largest absolute Gasteiger partial charge is 0.495 e. The van der Waals surface area contributed by atoms with E-state index in [4.69, 9.17) is 14.2 Å². The van der Waals surface area contributed by atoms with Crippen molar-refractivity contribution in [3.8, 4) is 11.5 Å². The van der Waals surface area contributed by atoms with Crippen LogP contribution >= 0.6 is 15.9 Å². The van der Waals surface area contributed by atoms with Gasteiger partial charge in [0.25, 0.3) is 5.91 Å². The van der Waals surface area contributed by atoms with Gasteiger partial charge in [-0.05, 0) is 34.0 Å². The molecule has 6 nitrogen and oxygen atoms in total. The number of rotatable bonds is 7. The Morgan fingerprint density at radius 3 is 2.18 bits per heavy atom. The molecule has 1 aromatic carbocycles. The topological polar surface area (TPSA) is 73.9 Å². The van der Waals surface area contributed by atoms with Gasteiger partial charge >= 0.3 is 5.97 Å². The molecule has 0 bridgehead atoms. The van der Waals surface area contributed by atoms with Gasteiger partial charge in [-0.25, -0.2) is 4.79 Å². The van der Waals surface area contributed by atoms with Crippen LogP contribution in [-0.4, -0.2) is 39.2 Å². The fraction of sp³-hybridized carbons (Fsp3) is 0.467. The lowest BCUT2D eigenvalue weighted by Crippen LogP contribution is -2.31. The number of hydrogen-bond donors (Lipinski definition) is 1. The third kappa shape index (κ3) is 5.22. The Labute approximate surface area is 138 Å². The highest BCUT2D eigenvalue weighted by atomic mass is 79.9. The number of carbonyl (C=O) groups excluding carboxylic acids is 2. The van der Waals surface area contributed by atoms with E-state index in [1.54, 1.807) is 0 Å². The van der Waals surface area contributed by atoms with Crippen molar-refractivity contribution in [2.24, 2.45) is 5.92 Å². The van der Waals surface area contributed by atoms with E-state index in [1.165, 1.54) is 26.4 Å². The fourth-order valence-corrected chi connectivity index (χ4v) is 2.12. The lowest BCUT2D eigenvalue weighted by Gasteiger charge is -2.11. The van der Waals surface area contributed by atoms with E-state index >= 15 is 0 Å². The summed E-state index contributed by atoms with van der Waals surface area (Å²) in [7, 11) is 2.96. The average molecular weight is 374 g/mol. The molecule has 0 atom stereocenters. The summed E-state index contributed by atoms with van der Waals surface area (Å²) in [4.78, 5) is 23.5. The molecule has 1 aromatic rings. The molecule has 0 spiro atoms. The van der Waals surface area contributed by atoms with Gasteiger partial charge in [0.1, 0.15) is 16.0 Å². The van der Waals surface area contributed by atoms with Crippen LogP contribution in [0.4, 0.5) is 0 Å². The second-order valence-electron chi connectivity index (χ2n) is 4.97. The van der Waals surface area contributed by atoms with Crippen LogP contribution in [-0.2, 0) is 9.53 Å². The Bertz CT molecular complexity index is 520. The molecule has 0 saturated carbocycles. The van der Waals surface area contributed by atoms with Crippen LogP contribution in [0.1, 0.15) is 24.2 Å². The van der Waals surface area contributed by atoms with E-state index in [0.29, 0.717) is 28.4 Å². The lowest BCUT2D eigenvalue weighted by atomic mass is 10.2. The van der Waals surface area contributed by atoms with E-state index in [1.807, 2.05) is 13.8 Å². The Hall–Kier alpha value is -1.76. The van der Waals surface area contributed by atoms with Gasteiger partial charge in [-0.15, -0.1) is 0 Å².